The molecule has 0 radical (unpaired) electrons. The number of carboxylic acids is 3. The molecule has 88 valence electrons. The van der Waals surface area contributed by atoms with Gasteiger partial charge in [0, 0.05) is 11.6 Å². The molecule has 0 spiro atoms. The molecule has 8 nitrogen and oxygen atoms in total. The van der Waals surface area contributed by atoms with Crippen LogP contribution < -0.4 is 69.3 Å². The van der Waals surface area contributed by atoms with Crippen LogP contribution in [0.1, 0.15) is 0 Å². The minimum Gasteiger partial charge on any atom is -0.545 e. The summed E-state index contributed by atoms with van der Waals surface area (Å²) in [4.78, 5) is 36.9. The summed E-state index contributed by atoms with van der Waals surface area (Å²) in [6, 6.07) is 0. The normalized spacial score (nSPS) is 9.50. The Balaban J connectivity index is -0.000000177. The van der Waals surface area contributed by atoms with Crippen molar-refractivity contribution in [3.8, 4) is 0 Å². The van der Waals surface area contributed by atoms with E-state index in [1.807, 2.05) is 0 Å². The van der Waals surface area contributed by atoms with Crippen LogP contribution in [0.3, 0.4) is 0 Å². The smallest absolute Gasteiger partial charge is 0.545 e. The van der Waals surface area contributed by atoms with Gasteiger partial charge in [-0.1, -0.05) is 6.08 Å². The zero-order valence-corrected chi connectivity index (χ0v) is 14.4. The first-order valence-corrected chi connectivity index (χ1v) is 4.13. The van der Waals surface area contributed by atoms with Crippen molar-refractivity contribution < 1.29 is 98.3 Å². The number of rotatable bonds is 4. The Labute approximate surface area is 147 Å². The van der Waals surface area contributed by atoms with Crippen molar-refractivity contribution in [3.05, 3.63) is 23.8 Å². The third-order valence-corrected chi connectivity index (χ3v) is 0.914. The van der Waals surface area contributed by atoms with Crippen molar-refractivity contribution in [2.45, 2.75) is 0 Å². The minimum absolute atomic E-state index is 0. The van der Waals surface area contributed by atoms with Gasteiger partial charge < -0.3 is 29.8 Å². The van der Waals surface area contributed by atoms with Crippen LogP contribution in [0.2, 0.25) is 0 Å². The Morgan fingerprint density at radius 1 is 1.06 bits per heavy atom. The molecule has 0 aliphatic heterocycles. The van der Waals surface area contributed by atoms with Crippen molar-refractivity contribution in [2.75, 3.05) is 0 Å². The first-order chi connectivity index (χ1) is 7.34. The summed E-state index contributed by atoms with van der Waals surface area (Å²) >= 11 is 0. The molecule has 0 aromatic heterocycles. The van der Waals surface area contributed by atoms with Gasteiger partial charge in [-0.3, -0.25) is 0 Å². The van der Waals surface area contributed by atoms with Crippen LogP contribution in [0.5, 0.6) is 0 Å². The second-order valence-corrected chi connectivity index (χ2v) is 2.12. The van der Waals surface area contributed by atoms with E-state index in [-0.39, 0.29) is 59.1 Å². The summed E-state index contributed by atoms with van der Waals surface area (Å²) < 4.78 is 8.46. The summed E-state index contributed by atoms with van der Waals surface area (Å²) in [5, 5.41) is 28.1. The van der Waals surface area contributed by atoms with Gasteiger partial charge in [-0.15, -0.1) is 0 Å². The van der Waals surface area contributed by atoms with Gasteiger partial charge in [0.1, 0.15) is 0 Å². The number of carboxylic acid groups (broad SMARTS) is 3. The van der Waals surface area contributed by atoms with E-state index in [2.05, 4.69) is 0 Å². The quantitative estimate of drug-likeness (QED) is 0.224. The molecule has 0 atom stereocenters. The van der Waals surface area contributed by atoms with Crippen LogP contribution in [0.4, 0.5) is 0 Å². The molecule has 2 N–H and O–H groups in total. The Hall–Kier alpha value is -0.0500. The average molecular weight is 294 g/mol. The molecule has 0 aromatic carbocycles. The molecule has 0 aliphatic carbocycles. The maximum absolute atomic E-state index is 10.1. The Bertz CT molecular complexity index is 351. The van der Waals surface area contributed by atoms with E-state index in [1.54, 1.807) is 0 Å². The summed E-state index contributed by atoms with van der Waals surface area (Å²) in [5.41, 5.74) is -0.753. The molecule has 0 aliphatic rings. The van der Waals surface area contributed by atoms with E-state index < -0.39 is 32.2 Å². The predicted octanol–water partition coefficient (Wildman–Crippen LogP) is -8.75. The van der Waals surface area contributed by atoms with Gasteiger partial charge in [0.2, 0.25) is 0 Å². The van der Waals surface area contributed by atoms with E-state index in [1.165, 1.54) is 0 Å². The third kappa shape index (κ3) is 21.3. The fourth-order valence-electron chi connectivity index (χ4n) is 0.466. The van der Waals surface area contributed by atoms with E-state index in [9.17, 15) is 24.6 Å². The van der Waals surface area contributed by atoms with Crippen molar-refractivity contribution in [2.24, 2.45) is 0 Å². The van der Waals surface area contributed by atoms with Gasteiger partial charge in [-0.05, 0) is 6.08 Å². The van der Waals surface area contributed by atoms with Gasteiger partial charge in [0.15, 0.2) is 0 Å². The molecular weight excluding hydrogens is 289 g/mol. The predicted molar refractivity (Wildman–Crippen MR) is 44.7 cm³/mol. The van der Waals surface area contributed by atoms with Crippen LogP contribution in [-0.2, 0) is 18.9 Å². The van der Waals surface area contributed by atoms with Gasteiger partial charge in [-0.25, -0.2) is 9.36 Å². The molecular formula is C7H5Na2O8P. The van der Waals surface area contributed by atoms with E-state index in [4.69, 9.17) is 14.6 Å². The molecule has 0 heterocycles. The molecule has 11 heteroatoms. The summed E-state index contributed by atoms with van der Waals surface area (Å²) in [6.45, 7) is 0. The molecule has 0 aromatic rings. The molecule has 18 heavy (non-hydrogen) atoms. The fourth-order valence-corrected chi connectivity index (χ4v) is 0.466. The molecule has 0 bridgehead atoms. The molecule has 0 saturated heterocycles. The first kappa shape index (κ1) is 26.5. The Morgan fingerprint density at radius 2 is 1.44 bits per heavy atom. The van der Waals surface area contributed by atoms with Gasteiger partial charge in [0.05, 0.1) is 11.9 Å². The molecule has 0 amide bonds. The van der Waals surface area contributed by atoms with Crippen molar-refractivity contribution in [1.82, 2.24) is 0 Å². The molecule has 0 saturated carbocycles. The van der Waals surface area contributed by atoms with E-state index in [0.717, 1.165) is 0 Å². The van der Waals surface area contributed by atoms with E-state index in [0.29, 0.717) is 18.2 Å². The van der Waals surface area contributed by atoms with Crippen molar-refractivity contribution >= 4 is 26.6 Å². The number of carbonyl (C=O) groups is 3. The minimum atomic E-state index is -1.78. The number of aliphatic carboxylic acids is 3. The first-order valence-electron chi connectivity index (χ1n) is 3.36. The third-order valence-electron chi connectivity index (χ3n) is 0.914. The van der Waals surface area contributed by atoms with Crippen LogP contribution in [0.15, 0.2) is 23.8 Å². The van der Waals surface area contributed by atoms with E-state index >= 15 is 0 Å². The molecule has 0 rings (SSSR count). The summed E-state index contributed by atoms with van der Waals surface area (Å²) in [5.74, 6) is -4.92. The second-order valence-electron chi connectivity index (χ2n) is 1.96. The fraction of sp³-hybridized carbons (Fsp3) is 0. The van der Waals surface area contributed by atoms with Crippen molar-refractivity contribution in [1.29, 1.82) is 0 Å². The van der Waals surface area contributed by atoms with Gasteiger partial charge in [-0.2, -0.15) is 0 Å². The van der Waals surface area contributed by atoms with Crippen LogP contribution in [0, 0.1) is 0 Å². The zero-order valence-electron chi connectivity index (χ0n) is 9.52. The van der Waals surface area contributed by atoms with Crippen LogP contribution in [0.25, 0.3) is 0 Å². The topological polar surface area (TPSA) is 155 Å². The van der Waals surface area contributed by atoms with Crippen molar-refractivity contribution in [3.63, 3.8) is 0 Å². The maximum Gasteiger partial charge on any atom is 1.00 e. The van der Waals surface area contributed by atoms with Crippen LogP contribution >= 0.6 is 8.69 Å². The summed E-state index contributed by atoms with van der Waals surface area (Å²) in [6.07, 6.45) is 1.28. The molecule has 0 fully saturated rings. The van der Waals surface area contributed by atoms with Crippen LogP contribution in [-0.4, -0.2) is 27.9 Å². The largest absolute Gasteiger partial charge is 1.00 e. The molecule has 0 unspecified atom stereocenters. The SMILES string of the molecule is O=C([O-])C=C/C(=C\C(=O)O)C(=O)[O-].O=PO.[Na+].[Na+]. The number of carbonyl (C=O) groups excluding carboxylic acids is 2. The maximum atomic E-state index is 10.1. The number of hydrogen-bond acceptors (Lipinski definition) is 6. The average Bonchev–Trinajstić information content (AvgIpc) is 2.12. The van der Waals surface area contributed by atoms with Gasteiger partial charge in [0.25, 0.3) is 0 Å². The summed E-state index contributed by atoms with van der Waals surface area (Å²) in [7, 11) is -0.833. The monoisotopic (exact) mass is 294 g/mol. The number of hydrogen-bond donors (Lipinski definition) is 2. The Kier molecular flexibility index (Phi) is 25.0. The zero-order chi connectivity index (χ0) is 13.1. The second kappa shape index (κ2) is 16.9. The standard InChI is InChI=1S/C7H6O6.2Na.HO2P/c8-5(9)2-1-4(7(12)13)3-6(10)11;;;1-3-2/h1-3H,(H,8,9)(H,10,11)(H,12,13);;;(H,1,2)/q;2*+1;/p-2/b2-1?,4-3+;;;. The Morgan fingerprint density at radius 3 is 1.67 bits per heavy atom. The van der Waals surface area contributed by atoms with Gasteiger partial charge >= 0.3 is 73.8 Å².